The van der Waals surface area contributed by atoms with Crippen molar-refractivity contribution in [3.8, 4) is 0 Å². The highest BCUT2D eigenvalue weighted by molar-refractivity contribution is 5.91. The molecule has 1 rings (SSSR count). The van der Waals surface area contributed by atoms with E-state index in [4.69, 9.17) is 14.2 Å². The second-order valence-electron chi connectivity index (χ2n) is 12.5. The van der Waals surface area contributed by atoms with Crippen LogP contribution in [0, 0.1) is 0 Å². The minimum atomic E-state index is -0.949. The van der Waals surface area contributed by atoms with Crippen LogP contribution in [0.4, 0.5) is 0 Å². The summed E-state index contributed by atoms with van der Waals surface area (Å²) in [6, 6.07) is -1.44. The van der Waals surface area contributed by atoms with Crippen LogP contribution >= 0.6 is 0 Å². The van der Waals surface area contributed by atoms with Crippen LogP contribution in [0.15, 0.2) is 0 Å². The van der Waals surface area contributed by atoms with Gasteiger partial charge in [0.05, 0.1) is 44.1 Å². The monoisotopic (exact) mass is 700 g/mol. The average molecular weight is 701 g/mol. The molecule has 1 aliphatic rings. The van der Waals surface area contributed by atoms with Gasteiger partial charge in [-0.1, -0.05) is 65.2 Å². The summed E-state index contributed by atoms with van der Waals surface area (Å²) in [7, 11) is 0. The van der Waals surface area contributed by atoms with E-state index in [0.717, 1.165) is 56.3 Å². The second kappa shape index (κ2) is 26.8. The lowest BCUT2D eigenvalue weighted by Crippen LogP contribution is -2.49. The van der Waals surface area contributed by atoms with Crippen molar-refractivity contribution in [2.24, 2.45) is 0 Å². The molecule has 0 radical (unpaired) electrons. The maximum Gasteiger partial charge on any atom is 0.240 e. The zero-order chi connectivity index (χ0) is 36.4. The number of ether oxygens (including phenoxy) is 3. The highest BCUT2D eigenvalue weighted by Crippen LogP contribution is 2.20. The molecule has 1 aliphatic heterocycles. The van der Waals surface area contributed by atoms with E-state index in [-0.39, 0.29) is 45.6 Å². The summed E-state index contributed by atoms with van der Waals surface area (Å²) < 4.78 is 16.3. The fourth-order valence-electron chi connectivity index (χ4n) is 5.16. The Balaban J connectivity index is 2.57. The maximum atomic E-state index is 13.1. The first-order chi connectivity index (χ1) is 23.5. The fourth-order valence-corrected chi connectivity index (χ4v) is 5.16. The number of hydrogen-bond donors (Lipinski definition) is 5. The molecule has 0 unspecified atom stereocenters. The zero-order valence-electron chi connectivity index (χ0n) is 29.6. The molecule has 282 valence electrons. The number of carbonyl (C=O) groups excluding carboxylic acids is 6. The summed E-state index contributed by atoms with van der Waals surface area (Å²) in [4.78, 5) is 75.3. The van der Waals surface area contributed by atoms with Gasteiger partial charge in [0.25, 0.3) is 0 Å². The Morgan fingerprint density at radius 2 is 1.37 bits per heavy atom. The Morgan fingerprint density at radius 1 is 0.796 bits per heavy atom. The van der Waals surface area contributed by atoms with Crippen LogP contribution in [0.5, 0.6) is 0 Å². The quantitative estimate of drug-likeness (QED) is 0.0572. The summed E-state index contributed by atoms with van der Waals surface area (Å²) in [6.07, 6.45) is 6.31. The van der Waals surface area contributed by atoms with Crippen LogP contribution in [0.25, 0.3) is 0 Å². The molecule has 15 heteroatoms. The minimum Gasteiger partial charge on any atom is -0.390 e. The van der Waals surface area contributed by atoms with Gasteiger partial charge in [-0.2, -0.15) is 0 Å². The van der Waals surface area contributed by atoms with E-state index in [0.29, 0.717) is 25.4 Å². The Bertz CT molecular complexity index is 946. The van der Waals surface area contributed by atoms with Gasteiger partial charge >= 0.3 is 0 Å². The Labute approximate surface area is 290 Å². The third-order valence-electron chi connectivity index (χ3n) is 8.11. The fraction of sp³-hybridized carbons (Fsp3) is 0.824. The van der Waals surface area contributed by atoms with Gasteiger partial charge in [-0.15, -0.1) is 0 Å². The van der Waals surface area contributed by atoms with Gasteiger partial charge in [0.15, 0.2) is 6.29 Å². The molecule has 4 amide bonds. The van der Waals surface area contributed by atoms with Crippen LogP contribution in [0.2, 0.25) is 0 Å². The Hall–Kier alpha value is -2.98. The number of rotatable bonds is 28. The van der Waals surface area contributed by atoms with E-state index in [1.54, 1.807) is 6.92 Å². The SMILES string of the molecule is CCCCCC[C@@H](C=O)NC(=O)CN(CC(=O)N[C@H](C=O)CCCCCC)C(=O)CCC(=O)NCCOCCO[C@@H]1O[C@@H](C)[C@H](O)C[C@H]1O. The topological polar surface area (TPSA) is 210 Å². The molecule has 1 saturated heterocycles. The van der Waals surface area contributed by atoms with Gasteiger partial charge in [0.1, 0.15) is 31.8 Å². The number of carbonyl (C=O) groups is 6. The zero-order valence-corrected chi connectivity index (χ0v) is 29.6. The highest BCUT2D eigenvalue weighted by Gasteiger charge is 2.34. The van der Waals surface area contributed by atoms with E-state index in [1.807, 2.05) is 0 Å². The van der Waals surface area contributed by atoms with Gasteiger partial charge in [-0.3, -0.25) is 19.2 Å². The van der Waals surface area contributed by atoms with Crippen molar-refractivity contribution in [1.82, 2.24) is 20.9 Å². The Morgan fingerprint density at radius 3 is 1.90 bits per heavy atom. The van der Waals surface area contributed by atoms with Crippen molar-refractivity contribution >= 4 is 36.2 Å². The van der Waals surface area contributed by atoms with Crippen LogP contribution < -0.4 is 16.0 Å². The molecular formula is C34H60N4O11. The number of nitrogens with one attached hydrogen (secondary N) is 3. The summed E-state index contributed by atoms with van der Waals surface area (Å²) in [5.41, 5.74) is 0. The molecule has 0 saturated carbocycles. The van der Waals surface area contributed by atoms with Crippen molar-refractivity contribution in [2.45, 2.75) is 141 Å². The molecule has 0 bridgehead atoms. The van der Waals surface area contributed by atoms with Crippen molar-refractivity contribution < 1.29 is 53.2 Å². The summed E-state index contributed by atoms with van der Waals surface area (Å²) in [5.74, 6) is -2.27. The third kappa shape index (κ3) is 20.3. The predicted molar refractivity (Wildman–Crippen MR) is 180 cm³/mol. The number of aldehydes is 2. The molecule has 15 nitrogen and oxygen atoms in total. The van der Waals surface area contributed by atoms with E-state index < -0.39 is 73.4 Å². The van der Waals surface area contributed by atoms with Crippen LogP contribution in [-0.4, -0.2) is 127 Å². The third-order valence-corrected chi connectivity index (χ3v) is 8.11. The molecule has 0 aromatic carbocycles. The molecule has 6 atom stereocenters. The average Bonchev–Trinajstić information content (AvgIpc) is 3.07. The van der Waals surface area contributed by atoms with E-state index in [2.05, 4.69) is 29.8 Å². The molecule has 49 heavy (non-hydrogen) atoms. The van der Waals surface area contributed by atoms with Crippen molar-refractivity contribution in [2.75, 3.05) is 39.5 Å². The van der Waals surface area contributed by atoms with Crippen molar-refractivity contribution in [1.29, 1.82) is 0 Å². The highest BCUT2D eigenvalue weighted by atomic mass is 16.7. The first kappa shape index (κ1) is 44.0. The first-order valence-electron chi connectivity index (χ1n) is 17.8. The van der Waals surface area contributed by atoms with E-state index in [9.17, 15) is 39.0 Å². The number of nitrogens with zero attached hydrogens (tertiary/aromatic N) is 1. The van der Waals surface area contributed by atoms with Gasteiger partial charge in [0, 0.05) is 25.8 Å². The summed E-state index contributed by atoms with van der Waals surface area (Å²) in [5, 5.41) is 27.5. The number of aliphatic hydroxyl groups excluding tert-OH is 2. The first-order valence-corrected chi connectivity index (χ1v) is 17.8. The smallest absolute Gasteiger partial charge is 0.240 e. The second-order valence-corrected chi connectivity index (χ2v) is 12.5. The molecule has 0 aromatic rings. The standard InChI is InChI=1S/C34H60N4O11/c1-4-6-8-10-12-26(23-39)36-31(44)21-38(22-32(45)37-27(24-40)13-11-9-7-5-2)33(46)15-14-30(43)35-16-17-47-18-19-48-34-29(42)20-28(41)25(3)49-34/h23-29,34,41-42H,4-22H2,1-3H3,(H,35,43)(H,36,44)(H,37,45)/t25-,26-,27-,28+,29+,34+/m0/s1. The molecule has 0 aromatic heterocycles. The number of hydrogen-bond acceptors (Lipinski definition) is 11. The number of aliphatic hydroxyl groups is 2. The van der Waals surface area contributed by atoms with E-state index in [1.165, 1.54) is 0 Å². The lowest BCUT2D eigenvalue weighted by Gasteiger charge is -2.35. The largest absolute Gasteiger partial charge is 0.390 e. The van der Waals surface area contributed by atoms with Crippen molar-refractivity contribution in [3.05, 3.63) is 0 Å². The van der Waals surface area contributed by atoms with Gasteiger partial charge in [0.2, 0.25) is 23.6 Å². The molecule has 1 fully saturated rings. The van der Waals surface area contributed by atoms with Crippen LogP contribution in [0.3, 0.4) is 0 Å². The molecular weight excluding hydrogens is 640 g/mol. The van der Waals surface area contributed by atoms with Gasteiger partial charge < -0.3 is 54.9 Å². The van der Waals surface area contributed by atoms with Crippen LogP contribution in [0.1, 0.15) is 104 Å². The maximum absolute atomic E-state index is 13.1. The number of amides is 4. The molecule has 0 aliphatic carbocycles. The number of unbranched alkanes of at least 4 members (excludes halogenated alkanes) is 6. The summed E-state index contributed by atoms with van der Waals surface area (Å²) in [6.45, 7) is 5.45. The summed E-state index contributed by atoms with van der Waals surface area (Å²) >= 11 is 0. The lowest BCUT2D eigenvalue weighted by atomic mass is 10.0. The lowest BCUT2D eigenvalue weighted by molar-refractivity contribution is -0.263. The molecule has 1 heterocycles. The van der Waals surface area contributed by atoms with Gasteiger partial charge in [-0.25, -0.2) is 0 Å². The van der Waals surface area contributed by atoms with Crippen LogP contribution in [-0.2, 0) is 43.0 Å². The predicted octanol–water partition coefficient (Wildman–Crippen LogP) is 0.910. The minimum absolute atomic E-state index is 0.128. The van der Waals surface area contributed by atoms with Crippen molar-refractivity contribution in [3.63, 3.8) is 0 Å². The van der Waals surface area contributed by atoms with E-state index >= 15 is 0 Å². The van der Waals surface area contributed by atoms with Gasteiger partial charge in [-0.05, 0) is 19.8 Å². The normalized spacial score (nSPS) is 20.1. The Kier molecular flexibility index (Phi) is 24.1. The molecule has 0 spiro atoms. The molecule has 5 N–H and O–H groups in total.